The first-order chi connectivity index (χ1) is 19.5. The Morgan fingerprint density at radius 3 is 0.825 bits per heavy atom. The molecule has 0 atom stereocenters. The third-order valence-electron chi connectivity index (χ3n) is 8.09. The van der Waals surface area contributed by atoms with Crippen LogP contribution in [0.3, 0.4) is 0 Å². The summed E-state index contributed by atoms with van der Waals surface area (Å²) in [4.78, 5) is 0. The SMILES string of the molecule is CC[Si]1(CC)O[Si](CC)(CC)O[Si](c2ccccc2)(c2ccccc2)O[Si](c2ccccc2)(c2ccccc2)O1. The second-order valence-electron chi connectivity index (χ2n) is 10.3. The molecule has 0 bridgehead atoms. The summed E-state index contributed by atoms with van der Waals surface area (Å²) in [6.45, 7) is 8.87. The molecule has 5 rings (SSSR count). The molecule has 0 unspecified atom stereocenters. The van der Waals surface area contributed by atoms with Crippen LogP contribution in [0.5, 0.6) is 0 Å². The molecule has 1 saturated heterocycles. The average molecular weight is 601 g/mol. The lowest BCUT2D eigenvalue weighted by atomic mass is 10.4. The smallest absolute Gasteiger partial charge is 0.389 e. The molecule has 1 fully saturated rings. The topological polar surface area (TPSA) is 36.9 Å². The molecule has 0 spiro atoms. The van der Waals surface area contributed by atoms with Crippen molar-refractivity contribution in [3.63, 3.8) is 0 Å². The minimum Gasteiger partial charge on any atom is -0.415 e. The van der Waals surface area contributed by atoms with Crippen LogP contribution in [0.4, 0.5) is 0 Å². The van der Waals surface area contributed by atoms with E-state index < -0.39 is 34.2 Å². The summed E-state index contributed by atoms with van der Waals surface area (Å²) < 4.78 is 30.9. The molecule has 0 aliphatic carbocycles. The molecule has 4 aromatic carbocycles. The summed E-state index contributed by atoms with van der Waals surface area (Å²) in [6, 6.07) is 45.7. The van der Waals surface area contributed by atoms with Gasteiger partial charge in [-0.3, -0.25) is 0 Å². The standard InChI is InChI=1S/C32H40O4Si4/c1-5-37(6-2)33-38(7-3,8-4)35-40(31-25-17-11-18-26-31,32-27-19-12-20-28-32)36-39(34-37,29-21-13-9-14-22-29)30-23-15-10-16-24-30/h9-28H,5-8H2,1-4H3. The minimum atomic E-state index is -3.39. The molecule has 4 nitrogen and oxygen atoms in total. The van der Waals surface area contributed by atoms with E-state index in [1.165, 1.54) is 0 Å². The van der Waals surface area contributed by atoms with Crippen LogP contribution in [0.15, 0.2) is 121 Å². The zero-order valence-corrected chi connectivity index (χ0v) is 28.0. The van der Waals surface area contributed by atoms with Gasteiger partial charge in [0.2, 0.25) is 0 Å². The van der Waals surface area contributed by atoms with Crippen LogP contribution in [0, 0.1) is 0 Å². The Bertz CT molecular complexity index is 1170. The number of hydrogen-bond acceptors (Lipinski definition) is 4. The maximum Gasteiger partial charge on any atom is 0.389 e. The van der Waals surface area contributed by atoms with E-state index in [0.29, 0.717) is 0 Å². The van der Waals surface area contributed by atoms with Crippen LogP contribution in [0.1, 0.15) is 27.7 Å². The van der Waals surface area contributed by atoms with Crippen molar-refractivity contribution in [3.8, 4) is 0 Å². The first-order valence-corrected chi connectivity index (χ1v) is 22.6. The Morgan fingerprint density at radius 1 is 0.350 bits per heavy atom. The summed E-state index contributed by atoms with van der Waals surface area (Å²) in [5, 5.41) is 4.33. The maximum atomic E-state index is 7.95. The fourth-order valence-electron chi connectivity index (χ4n) is 5.66. The van der Waals surface area contributed by atoms with Crippen molar-refractivity contribution in [2.45, 2.75) is 51.9 Å². The summed E-state index contributed by atoms with van der Waals surface area (Å²) in [6.07, 6.45) is 0. The van der Waals surface area contributed by atoms with E-state index in [1.54, 1.807) is 0 Å². The van der Waals surface area contributed by atoms with Gasteiger partial charge in [-0.2, -0.15) is 0 Å². The van der Waals surface area contributed by atoms with Crippen LogP contribution in [-0.2, 0) is 16.5 Å². The summed E-state index contributed by atoms with van der Waals surface area (Å²) in [5.41, 5.74) is 0. The predicted molar refractivity (Wildman–Crippen MR) is 174 cm³/mol. The lowest BCUT2D eigenvalue weighted by molar-refractivity contribution is 0.238. The van der Waals surface area contributed by atoms with Gasteiger partial charge in [0, 0.05) is 0 Å². The number of benzene rings is 4. The summed E-state index contributed by atoms with van der Waals surface area (Å²) in [7, 11) is -12.3. The number of hydrogen-bond donors (Lipinski definition) is 0. The third-order valence-corrected chi connectivity index (χ3v) is 27.3. The fourth-order valence-corrected chi connectivity index (χ4v) is 28.9. The van der Waals surface area contributed by atoms with Crippen molar-refractivity contribution in [1.29, 1.82) is 0 Å². The normalized spacial score (nSPS) is 19.3. The first-order valence-electron chi connectivity index (χ1n) is 14.5. The fraction of sp³-hybridized carbons (Fsp3) is 0.250. The molecule has 0 radical (unpaired) electrons. The van der Waals surface area contributed by atoms with Gasteiger partial charge >= 0.3 is 34.2 Å². The zero-order chi connectivity index (χ0) is 28.1. The highest BCUT2D eigenvalue weighted by molar-refractivity contribution is 7.09. The van der Waals surface area contributed by atoms with Gasteiger partial charge in [-0.25, -0.2) is 0 Å². The molecular weight excluding hydrogens is 561 g/mol. The molecular formula is C32H40O4Si4. The highest BCUT2D eigenvalue weighted by Gasteiger charge is 2.63. The molecule has 0 aromatic heterocycles. The van der Waals surface area contributed by atoms with E-state index in [0.717, 1.165) is 44.9 Å². The maximum absolute atomic E-state index is 7.95. The van der Waals surface area contributed by atoms with Crippen LogP contribution < -0.4 is 20.7 Å². The monoisotopic (exact) mass is 600 g/mol. The molecule has 0 saturated carbocycles. The second-order valence-corrected chi connectivity index (χ2v) is 24.9. The summed E-state index contributed by atoms with van der Waals surface area (Å²) in [5.74, 6) is 0. The molecule has 0 N–H and O–H groups in total. The van der Waals surface area contributed by atoms with Crippen LogP contribution >= 0.6 is 0 Å². The van der Waals surface area contributed by atoms with Crippen molar-refractivity contribution in [2.75, 3.05) is 0 Å². The minimum absolute atomic E-state index is 0.838. The largest absolute Gasteiger partial charge is 0.415 e. The Morgan fingerprint density at radius 2 is 0.600 bits per heavy atom. The molecule has 0 amide bonds. The van der Waals surface area contributed by atoms with Gasteiger partial charge in [0.1, 0.15) is 0 Å². The van der Waals surface area contributed by atoms with Crippen molar-refractivity contribution in [1.82, 2.24) is 0 Å². The molecule has 208 valence electrons. The van der Waals surface area contributed by atoms with E-state index in [1.807, 2.05) is 0 Å². The van der Waals surface area contributed by atoms with E-state index in [2.05, 4.69) is 149 Å². The molecule has 1 aliphatic rings. The van der Waals surface area contributed by atoms with Crippen LogP contribution in [0.25, 0.3) is 0 Å². The van der Waals surface area contributed by atoms with Crippen molar-refractivity contribution in [2.24, 2.45) is 0 Å². The Kier molecular flexibility index (Phi) is 8.89. The van der Waals surface area contributed by atoms with Crippen molar-refractivity contribution in [3.05, 3.63) is 121 Å². The van der Waals surface area contributed by atoms with Gasteiger partial charge in [-0.05, 0) is 44.9 Å². The molecule has 40 heavy (non-hydrogen) atoms. The van der Waals surface area contributed by atoms with Gasteiger partial charge in [0.25, 0.3) is 0 Å². The van der Waals surface area contributed by atoms with Crippen LogP contribution in [-0.4, -0.2) is 34.2 Å². The highest BCUT2D eigenvalue weighted by atomic mass is 28.5. The van der Waals surface area contributed by atoms with E-state index in [4.69, 9.17) is 16.5 Å². The summed E-state index contributed by atoms with van der Waals surface area (Å²) >= 11 is 0. The molecule has 8 heteroatoms. The van der Waals surface area contributed by atoms with Gasteiger partial charge in [-0.15, -0.1) is 0 Å². The lowest BCUT2D eigenvalue weighted by Gasteiger charge is -2.53. The van der Waals surface area contributed by atoms with E-state index in [-0.39, 0.29) is 0 Å². The Labute approximate surface area is 243 Å². The van der Waals surface area contributed by atoms with Crippen LogP contribution in [0.2, 0.25) is 24.2 Å². The van der Waals surface area contributed by atoms with Crippen molar-refractivity contribution < 1.29 is 16.5 Å². The van der Waals surface area contributed by atoms with E-state index >= 15 is 0 Å². The zero-order valence-electron chi connectivity index (χ0n) is 24.0. The van der Waals surface area contributed by atoms with Gasteiger partial charge < -0.3 is 16.5 Å². The van der Waals surface area contributed by atoms with Gasteiger partial charge in [0.05, 0.1) is 0 Å². The first kappa shape index (κ1) is 29.1. The quantitative estimate of drug-likeness (QED) is 0.249. The molecule has 4 aromatic rings. The Balaban J connectivity index is 1.90. The van der Waals surface area contributed by atoms with Gasteiger partial charge in [0.15, 0.2) is 0 Å². The highest BCUT2D eigenvalue weighted by Crippen LogP contribution is 2.37. The second kappa shape index (κ2) is 12.2. The number of rotatable bonds is 8. The van der Waals surface area contributed by atoms with Crippen molar-refractivity contribution >= 4 is 55.0 Å². The predicted octanol–water partition coefficient (Wildman–Crippen LogP) is 5.54. The van der Waals surface area contributed by atoms with E-state index in [9.17, 15) is 0 Å². The van der Waals surface area contributed by atoms with Gasteiger partial charge in [-0.1, -0.05) is 149 Å². The lowest BCUT2D eigenvalue weighted by Crippen LogP contribution is -2.81. The molecule has 1 heterocycles. The molecule has 1 aliphatic heterocycles. The Hall–Kier alpha value is -2.41. The third kappa shape index (κ3) is 5.30. The average Bonchev–Trinajstić information content (AvgIpc) is 3.04.